The summed E-state index contributed by atoms with van der Waals surface area (Å²) in [5, 5.41) is 11.5. The highest BCUT2D eigenvalue weighted by atomic mass is 16.5. The van der Waals surface area contributed by atoms with E-state index in [0.29, 0.717) is 38.9 Å². The van der Waals surface area contributed by atoms with E-state index in [-0.39, 0.29) is 30.3 Å². The molecule has 0 spiro atoms. The van der Waals surface area contributed by atoms with E-state index in [4.69, 9.17) is 9.84 Å². The number of piperidine rings is 1. The van der Waals surface area contributed by atoms with Gasteiger partial charge in [0, 0.05) is 26.1 Å². The van der Waals surface area contributed by atoms with Gasteiger partial charge in [0.1, 0.15) is 0 Å². The van der Waals surface area contributed by atoms with Crippen molar-refractivity contribution in [2.45, 2.75) is 32.6 Å². The van der Waals surface area contributed by atoms with Crippen LogP contribution in [-0.4, -0.2) is 54.7 Å². The number of aliphatic carboxylic acids is 1. The molecule has 1 atom stereocenters. The zero-order chi connectivity index (χ0) is 15.8. The molecule has 0 aliphatic carbocycles. The van der Waals surface area contributed by atoms with Gasteiger partial charge in [-0.15, -0.1) is 0 Å². The minimum atomic E-state index is -0.852. The average molecular weight is 300 g/mol. The molecule has 2 amide bonds. The van der Waals surface area contributed by atoms with Crippen LogP contribution in [0.4, 0.5) is 4.79 Å². The van der Waals surface area contributed by atoms with E-state index in [1.165, 1.54) is 7.11 Å². The molecule has 1 saturated heterocycles. The van der Waals surface area contributed by atoms with Crippen LogP contribution >= 0.6 is 0 Å². The fraction of sp³-hybridized carbons (Fsp3) is 0.786. The normalized spacial score (nSPS) is 17.1. The Morgan fingerprint density at radius 1 is 1.33 bits per heavy atom. The van der Waals surface area contributed by atoms with Crippen molar-refractivity contribution in [3.05, 3.63) is 0 Å². The topological polar surface area (TPSA) is 95.9 Å². The van der Waals surface area contributed by atoms with Crippen molar-refractivity contribution in [3.63, 3.8) is 0 Å². The number of nitrogens with zero attached hydrogens (tertiary/aromatic N) is 1. The lowest BCUT2D eigenvalue weighted by molar-refractivity contribution is -0.146. The molecule has 1 aliphatic heterocycles. The van der Waals surface area contributed by atoms with Gasteiger partial charge in [0.15, 0.2) is 0 Å². The maximum Gasteiger partial charge on any atom is 0.317 e. The third kappa shape index (κ3) is 5.61. The molecule has 21 heavy (non-hydrogen) atoms. The van der Waals surface area contributed by atoms with Gasteiger partial charge in [-0.3, -0.25) is 9.59 Å². The van der Waals surface area contributed by atoms with Gasteiger partial charge in [-0.2, -0.15) is 0 Å². The molecule has 7 heteroatoms. The van der Waals surface area contributed by atoms with Crippen LogP contribution < -0.4 is 5.32 Å². The zero-order valence-corrected chi connectivity index (χ0v) is 12.6. The number of amides is 2. The van der Waals surface area contributed by atoms with Gasteiger partial charge in [0.2, 0.25) is 0 Å². The lowest BCUT2D eigenvalue weighted by atomic mass is 9.97. The third-order valence-electron chi connectivity index (χ3n) is 3.90. The molecule has 0 radical (unpaired) electrons. The lowest BCUT2D eigenvalue weighted by Gasteiger charge is -2.31. The van der Waals surface area contributed by atoms with Crippen LogP contribution in [0.25, 0.3) is 0 Å². The predicted octanol–water partition coefficient (Wildman–Crippen LogP) is 1.08. The van der Waals surface area contributed by atoms with Crippen molar-refractivity contribution in [1.29, 1.82) is 0 Å². The van der Waals surface area contributed by atoms with Crippen molar-refractivity contribution in [2.75, 3.05) is 26.7 Å². The highest BCUT2D eigenvalue weighted by Crippen LogP contribution is 2.18. The quantitative estimate of drug-likeness (QED) is 0.716. The number of ether oxygens (including phenoxy) is 1. The summed E-state index contributed by atoms with van der Waals surface area (Å²) in [7, 11) is 1.37. The molecule has 2 N–H and O–H groups in total. The number of hydrogen-bond donors (Lipinski definition) is 2. The second-order valence-corrected chi connectivity index (χ2v) is 5.34. The number of carboxylic acids is 1. The minimum Gasteiger partial charge on any atom is -0.481 e. The number of carbonyl (C=O) groups is 3. The maximum atomic E-state index is 12.0. The second-order valence-electron chi connectivity index (χ2n) is 5.34. The largest absolute Gasteiger partial charge is 0.481 e. The maximum absolute atomic E-state index is 12.0. The average Bonchev–Trinajstić information content (AvgIpc) is 2.50. The van der Waals surface area contributed by atoms with E-state index in [0.717, 1.165) is 0 Å². The molecule has 0 aromatic carbocycles. The number of nitrogens with one attached hydrogen (secondary N) is 1. The Kier molecular flexibility index (Phi) is 6.98. The van der Waals surface area contributed by atoms with Gasteiger partial charge >= 0.3 is 18.0 Å². The van der Waals surface area contributed by atoms with Gasteiger partial charge in [0.25, 0.3) is 0 Å². The Hall–Kier alpha value is -1.79. The van der Waals surface area contributed by atoms with E-state index in [1.807, 2.05) is 6.92 Å². The Bertz CT molecular complexity index is 378. The molecule has 7 nitrogen and oxygen atoms in total. The van der Waals surface area contributed by atoms with Crippen LogP contribution in [0, 0.1) is 11.8 Å². The zero-order valence-electron chi connectivity index (χ0n) is 12.6. The molecule has 0 bridgehead atoms. The first-order valence-corrected chi connectivity index (χ1v) is 7.30. The Labute approximate surface area is 124 Å². The second kappa shape index (κ2) is 8.49. The van der Waals surface area contributed by atoms with Crippen LogP contribution in [0.15, 0.2) is 0 Å². The summed E-state index contributed by atoms with van der Waals surface area (Å²) in [5.41, 5.74) is 0. The van der Waals surface area contributed by atoms with E-state index in [1.54, 1.807) is 4.90 Å². The number of carbonyl (C=O) groups excluding carboxylic acids is 2. The highest BCUT2D eigenvalue weighted by Gasteiger charge is 2.28. The van der Waals surface area contributed by atoms with Crippen LogP contribution in [0.3, 0.4) is 0 Å². The van der Waals surface area contributed by atoms with Crippen molar-refractivity contribution in [3.8, 4) is 0 Å². The fourth-order valence-electron chi connectivity index (χ4n) is 2.44. The van der Waals surface area contributed by atoms with Gasteiger partial charge in [-0.1, -0.05) is 13.3 Å². The third-order valence-corrected chi connectivity index (χ3v) is 3.90. The molecule has 0 saturated carbocycles. The number of esters is 1. The summed E-state index contributed by atoms with van der Waals surface area (Å²) in [5.74, 6) is -1.26. The van der Waals surface area contributed by atoms with E-state index in [2.05, 4.69) is 5.32 Å². The molecule has 120 valence electrons. The van der Waals surface area contributed by atoms with Crippen molar-refractivity contribution in [1.82, 2.24) is 10.2 Å². The first kappa shape index (κ1) is 17.3. The molecule has 1 heterocycles. The monoisotopic (exact) mass is 300 g/mol. The van der Waals surface area contributed by atoms with Crippen molar-refractivity contribution < 1.29 is 24.2 Å². The molecule has 0 aromatic rings. The minimum absolute atomic E-state index is 0.0564. The van der Waals surface area contributed by atoms with E-state index in [9.17, 15) is 14.4 Å². The molecule has 1 aliphatic rings. The molecular weight excluding hydrogens is 276 g/mol. The summed E-state index contributed by atoms with van der Waals surface area (Å²) in [6, 6.07) is -0.192. The van der Waals surface area contributed by atoms with Crippen molar-refractivity contribution >= 4 is 18.0 Å². The standard InChI is InChI=1S/C14H24N2O5/c1-3-10(8-12(17)18)9-15-14(20)16-6-4-11(5-7-16)13(19)21-2/h10-11H,3-9H2,1-2H3,(H,15,20)(H,17,18). The molecule has 0 aromatic heterocycles. The molecular formula is C14H24N2O5. The van der Waals surface area contributed by atoms with Crippen LogP contribution in [0.2, 0.25) is 0 Å². The van der Waals surface area contributed by atoms with Gasteiger partial charge in [-0.05, 0) is 18.8 Å². The van der Waals surface area contributed by atoms with Crippen molar-refractivity contribution in [2.24, 2.45) is 11.8 Å². The Morgan fingerprint density at radius 2 is 1.95 bits per heavy atom. The Morgan fingerprint density at radius 3 is 2.43 bits per heavy atom. The number of carboxylic acid groups (broad SMARTS) is 1. The molecule has 1 fully saturated rings. The van der Waals surface area contributed by atoms with Crippen LogP contribution in [-0.2, 0) is 14.3 Å². The predicted molar refractivity (Wildman–Crippen MR) is 75.7 cm³/mol. The fourth-order valence-corrected chi connectivity index (χ4v) is 2.44. The van der Waals surface area contributed by atoms with E-state index >= 15 is 0 Å². The SMILES string of the molecule is CCC(CNC(=O)N1CCC(C(=O)OC)CC1)CC(=O)O. The summed E-state index contributed by atoms with van der Waals surface area (Å²) >= 11 is 0. The smallest absolute Gasteiger partial charge is 0.317 e. The Balaban J connectivity index is 2.33. The summed E-state index contributed by atoms with van der Waals surface area (Å²) in [6.07, 6.45) is 1.97. The number of methoxy groups -OCH3 is 1. The number of hydrogen-bond acceptors (Lipinski definition) is 4. The van der Waals surface area contributed by atoms with Crippen LogP contribution in [0.1, 0.15) is 32.6 Å². The number of urea groups is 1. The van der Waals surface area contributed by atoms with Gasteiger partial charge in [0.05, 0.1) is 13.0 Å². The summed E-state index contributed by atoms with van der Waals surface area (Å²) < 4.78 is 4.70. The van der Waals surface area contributed by atoms with Gasteiger partial charge in [-0.25, -0.2) is 4.79 Å². The van der Waals surface area contributed by atoms with Crippen LogP contribution in [0.5, 0.6) is 0 Å². The summed E-state index contributed by atoms with van der Waals surface area (Å²) in [6.45, 7) is 3.29. The molecule has 1 rings (SSSR count). The number of likely N-dealkylation sites (tertiary alicyclic amines) is 1. The first-order chi connectivity index (χ1) is 9.97. The summed E-state index contributed by atoms with van der Waals surface area (Å²) in [4.78, 5) is 35.7. The lowest BCUT2D eigenvalue weighted by Crippen LogP contribution is -2.46. The highest BCUT2D eigenvalue weighted by molar-refractivity contribution is 5.76. The first-order valence-electron chi connectivity index (χ1n) is 7.30. The number of rotatable bonds is 6. The van der Waals surface area contributed by atoms with E-state index < -0.39 is 5.97 Å². The van der Waals surface area contributed by atoms with Gasteiger partial charge < -0.3 is 20.1 Å². The molecule has 1 unspecified atom stereocenters.